The summed E-state index contributed by atoms with van der Waals surface area (Å²) in [4.78, 5) is 3.11. The molecule has 0 N–H and O–H groups in total. The molecule has 0 radical (unpaired) electrons. The summed E-state index contributed by atoms with van der Waals surface area (Å²) in [6, 6.07) is 8.59. The number of nitrogens with zero attached hydrogens (tertiary/aromatic N) is 3. The van der Waals surface area contributed by atoms with Gasteiger partial charge in [0.15, 0.2) is 0 Å². The van der Waals surface area contributed by atoms with E-state index in [9.17, 15) is 0 Å². The van der Waals surface area contributed by atoms with Gasteiger partial charge in [-0.25, -0.2) is 0 Å². The number of hydrogen-bond donors (Lipinski definition) is 0. The predicted molar refractivity (Wildman–Crippen MR) is 74.4 cm³/mol. The average molecular weight is 243 g/mol. The molecule has 1 aromatic rings. The van der Waals surface area contributed by atoms with Crippen LogP contribution in [0.4, 0.5) is 0 Å². The van der Waals surface area contributed by atoms with E-state index in [2.05, 4.69) is 48.1 Å². The van der Waals surface area contributed by atoms with Gasteiger partial charge in [-0.2, -0.15) is 0 Å². The molecule has 0 bridgehead atoms. The minimum atomic E-state index is -0.294. The summed E-state index contributed by atoms with van der Waals surface area (Å²) in [7, 11) is 0. The minimum absolute atomic E-state index is 0.294. The molecule has 0 heterocycles. The molecule has 1 aromatic carbocycles. The molecule has 18 heavy (non-hydrogen) atoms. The second kappa shape index (κ2) is 5.45. The largest absolute Gasteiger partial charge is 0.0826 e. The van der Waals surface area contributed by atoms with Crippen LogP contribution in [-0.4, -0.2) is 0 Å². The Morgan fingerprint density at radius 2 is 1.94 bits per heavy atom. The zero-order valence-electron chi connectivity index (χ0n) is 11.3. The summed E-state index contributed by atoms with van der Waals surface area (Å²) in [6.07, 6.45) is 5.54. The maximum Gasteiger partial charge on any atom is 0.0738 e. The number of rotatable bonds is 3. The van der Waals surface area contributed by atoms with E-state index in [1.54, 1.807) is 0 Å². The van der Waals surface area contributed by atoms with Gasteiger partial charge in [0.25, 0.3) is 0 Å². The highest BCUT2D eigenvalue weighted by molar-refractivity contribution is 5.32. The van der Waals surface area contributed by atoms with E-state index in [0.29, 0.717) is 5.92 Å². The molecule has 1 aliphatic rings. The Labute approximate surface area is 109 Å². The lowest BCUT2D eigenvalue weighted by molar-refractivity contribution is 0.301. The summed E-state index contributed by atoms with van der Waals surface area (Å²) in [5.74, 6) is 0.511. The van der Waals surface area contributed by atoms with Crippen molar-refractivity contribution in [2.75, 3.05) is 0 Å². The minimum Gasteiger partial charge on any atom is -0.0826 e. The van der Waals surface area contributed by atoms with E-state index in [4.69, 9.17) is 5.53 Å². The van der Waals surface area contributed by atoms with Crippen molar-refractivity contribution in [1.82, 2.24) is 0 Å². The van der Waals surface area contributed by atoms with E-state index in [-0.39, 0.29) is 5.54 Å². The standard InChI is InChI=1S/C15H21N3/c1-12(2)13-7-6-8-14(11-13)15(17-18-16)9-4-3-5-10-15/h6-8,11-12H,3-5,9-10H2,1-2H3. The van der Waals surface area contributed by atoms with Crippen molar-refractivity contribution in [3.63, 3.8) is 0 Å². The van der Waals surface area contributed by atoms with Gasteiger partial charge in [-0.05, 0) is 35.4 Å². The highest BCUT2D eigenvalue weighted by Crippen LogP contribution is 2.41. The third kappa shape index (κ3) is 2.51. The molecule has 0 aliphatic heterocycles. The molecule has 3 heteroatoms. The number of azide groups is 1. The first-order valence-electron chi connectivity index (χ1n) is 6.85. The first-order chi connectivity index (χ1) is 8.68. The van der Waals surface area contributed by atoms with Crippen molar-refractivity contribution < 1.29 is 0 Å². The Morgan fingerprint density at radius 3 is 2.56 bits per heavy atom. The van der Waals surface area contributed by atoms with Crippen LogP contribution in [0.25, 0.3) is 10.4 Å². The molecule has 0 unspecified atom stereocenters. The summed E-state index contributed by atoms with van der Waals surface area (Å²) in [6.45, 7) is 4.39. The van der Waals surface area contributed by atoms with Crippen LogP contribution in [0.2, 0.25) is 0 Å². The van der Waals surface area contributed by atoms with Gasteiger partial charge in [0.2, 0.25) is 0 Å². The first-order valence-corrected chi connectivity index (χ1v) is 6.85. The lowest BCUT2D eigenvalue weighted by atomic mass is 9.76. The lowest BCUT2D eigenvalue weighted by Crippen LogP contribution is -2.26. The van der Waals surface area contributed by atoms with Crippen LogP contribution in [0.15, 0.2) is 29.4 Å². The molecule has 0 spiro atoms. The highest BCUT2D eigenvalue weighted by atomic mass is 15.2. The monoisotopic (exact) mass is 243 g/mol. The lowest BCUT2D eigenvalue weighted by Gasteiger charge is -2.33. The molecule has 2 rings (SSSR count). The Bertz CT molecular complexity index is 453. The first kappa shape index (κ1) is 13.0. The van der Waals surface area contributed by atoms with Crippen molar-refractivity contribution in [2.24, 2.45) is 5.11 Å². The van der Waals surface area contributed by atoms with Gasteiger partial charge >= 0.3 is 0 Å². The Kier molecular flexibility index (Phi) is 3.93. The molecule has 1 saturated carbocycles. The molecule has 0 saturated heterocycles. The fourth-order valence-electron chi connectivity index (χ4n) is 2.86. The van der Waals surface area contributed by atoms with Gasteiger partial charge in [0.05, 0.1) is 5.54 Å². The molecule has 0 aromatic heterocycles. The fourth-order valence-corrected chi connectivity index (χ4v) is 2.86. The van der Waals surface area contributed by atoms with Crippen LogP contribution < -0.4 is 0 Å². The summed E-state index contributed by atoms with van der Waals surface area (Å²) >= 11 is 0. The topological polar surface area (TPSA) is 48.8 Å². The zero-order valence-corrected chi connectivity index (χ0v) is 11.3. The Hall–Kier alpha value is -1.47. The van der Waals surface area contributed by atoms with Crippen LogP contribution in [0.1, 0.15) is 63.0 Å². The molecular formula is C15H21N3. The van der Waals surface area contributed by atoms with Crippen LogP contribution >= 0.6 is 0 Å². The summed E-state index contributed by atoms with van der Waals surface area (Å²) in [5, 5.41) is 4.17. The van der Waals surface area contributed by atoms with E-state index < -0.39 is 0 Å². The van der Waals surface area contributed by atoms with Crippen LogP contribution in [0.3, 0.4) is 0 Å². The van der Waals surface area contributed by atoms with Crippen molar-refractivity contribution in [2.45, 2.75) is 57.4 Å². The van der Waals surface area contributed by atoms with E-state index in [1.165, 1.54) is 17.5 Å². The van der Waals surface area contributed by atoms with E-state index in [1.807, 2.05) is 0 Å². The third-order valence-electron chi connectivity index (χ3n) is 4.01. The van der Waals surface area contributed by atoms with Gasteiger partial charge in [-0.15, -0.1) is 0 Å². The third-order valence-corrected chi connectivity index (χ3v) is 4.01. The second-order valence-electron chi connectivity index (χ2n) is 5.56. The quantitative estimate of drug-likeness (QED) is 0.394. The fraction of sp³-hybridized carbons (Fsp3) is 0.600. The van der Waals surface area contributed by atoms with Gasteiger partial charge in [0, 0.05) is 4.91 Å². The molecule has 3 nitrogen and oxygen atoms in total. The van der Waals surface area contributed by atoms with Crippen molar-refractivity contribution in [3.05, 3.63) is 45.8 Å². The molecule has 96 valence electrons. The number of hydrogen-bond acceptors (Lipinski definition) is 1. The average Bonchev–Trinajstić information content (AvgIpc) is 2.40. The van der Waals surface area contributed by atoms with Crippen LogP contribution in [0.5, 0.6) is 0 Å². The van der Waals surface area contributed by atoms with Crippen molar-refractivity contribution >= 4 is 0 Å². The smallest absolute Gasteiger partial charge is 0.0738 e. The zero-order chi connectivity index (χ0) is 13.0. The molecular weight excluding hydrogens is 222 g/mol. The molecule has 1 fully saturated rings. The summed E-state index contributed by atoms with van der Waals surface area (Å²) in [5.41, 5.74) is 11.1. The SMILES string of the molecule is CC(C)c1cccc(C2(N=[N+]=[N-])CCCCC2)c1. The summed E-state index contributed by atoms with van der Waals surface area (Å²) < 4.78 is 0. The van der Waals surface area contributed by atoms with Crippen LogP contribution in [0, 0.1) is 0 Å². The van der Waals surface area contributed by atoms with Gasteiger partial charge < -0.3 is 0 Å². The van der Waals surface area contributed by atoms with Crippen molar-refractivity contribution in [3.8, 4) is 0 Å². The van der Waals surface area contributed by atoms with E-state index in [0.717, 1.165) is 25.7 Å². The molecule has 0 atom stereocenters. The highest BCUT2D eigenvalue weighted by Gasteiger charge is 2.33. The van der Waals surface area contributed by atoms with Gasteiger partial charge in [0.1, 0.15) is 0 Å². The van der Waals surface area contributed by atoms with Crippen molar-refractivity contribution in [1.29, 1.82) is 0 Å². The number of benzene rings is 1. The van der Waals surface area contributed by atoms with Gasteiger partial charge in [-0.3, -0.25) is 0 Å². The normalized spacial score (nSPS) is 18.4. The van der Waals surface area contributed by atoms with Gasteiger partial charge in [-0.1, -0.05) is 62.5 Å². The molecule has 0 amide bonds. The maximum atomic E-state index is 8.88. The predicted octanol–water partition coefficient (Wildman–Crippen LogP) is 5.28. The molecule has 1 aliphatic carbocycles. The van der Waals surface area contributed by atoms with E-state index >= 15 is 0 Å². The maximum absolute atomic E-state index is 8.88. The van der Waals surface area contributed by atoms with Crippen LogP contribution in [-0.2, 0) is 5.54 Å². The second-order valence-corrected chi connectivity index (χ2v) is 5.56. The Balaban J connectivity index is 2.42. The Morgan fingerprint density at radius 1 is 1.22 bits per heavy atom.